The summed E-state index contributed by atoms with van der Waals surface area (Å²) in [4.78, 5) is 14.8. The van der Waals surface area contributed by atoms with E-state index in [0.29, 0.717) is 13.1 Å². The number of carbonyl (C=O) groups excluding carboxylic acids is 1. The summed E-state index contributed by atoms with van der Waals surface area (Å²) in [5.74, 6) is -0.722. The second-order valence-electron chi connectivity index (χ2n) is 7.19. The Hall–Kier alpha value is -2.69. The minimum absolute atomic E-state index is 0.0904. The Morgan fingerprint density at radius 3 is 2.40 bits per heavy atom. The fourth-order valence-electron chi connectivity index (χ4n) is 3.24. The summed E-state index contributed by atoms with van der Waals surface area (Å²) in [6.07, 6.45) is 0.138. The third-order valence-corrected chi connectivity index (χ3v) is 5.92. The summed E-state index contributed by atoms with van der Waals surface area (Å²) >= 11 is 0. The number of amides is 1. The van der Waals surface area contributed by atoms with Gasteiger partial charge in [-0.25, -0.2) is 8.99 Å². The highest BCUT2D eigenvalue weighted by Gasteiger charge is 2.35. The molecule has 0 bridgehead atoms. The van der Waals surface area contributed by atoms with Crippen LogP contribution in [0.4, 0.5) is 24.5 Å². The summed E-state index contributed by atoms with van der Waals surface area (Å²) in [6, 6.07) is 6.85. The molecule has 0 radical (unpaired) electrons. The molecule has 1 aromatic heterocycles. The quantitative estimate of drug-likeness (QED) is 0.742. The van der Waals surface area contributed by atoms with Crippen molar-refractivity contribution >= 4 is 27.0 Å². The average molecular weight is 441 g/mol. The van der Waals surface area contributed by atoms with Gasteiger partial charge in [0.25, 0.3) is 5.91 Å². The maximum Gasteiger partial charge on any atom is 0.435 e. The van der Waals surface area contributed by atoms with Gasteiger partial charge in [-0.1, -0.05) is 18.9 Å². The standard InChI is InChI=1S/C19H22F3N5O2S/c1-30(23,29)14-8-6-7-13(11-14)24-18(28)17-15(27-9-4-2-3-5-10-27)12-16(25-26-17)19(20,21)22/h6-8,11-12,23H,2-5,9-10H2,1H3,(H,24,28). The SMILES string of the molecule is CS(=N)(=O)c1cccc(NC(=O)c2nnc(C(F)(F)F)cc2N2CCCCCC2)c1. The molecule has 30 heavy (non-hydrogen) atoms. The van der Waals surface area contributed by atoms with Gasteiger partial charge in [-0.15, -0.1) is 10.2 Å². The Labute approximate surface area is 172 Å². The van der Waals surface area contributed by atoms with E-state index in [-0.39, 0.29) is 22.0 Å². The minimum Gasteiger partial charge on any atom is -0.370 e. The number of hydrogen-bond donors (Lipinski definition) is 2. The smallest absolute Gasteiger partial charge is 0.370 e. The number of benzene rings is 1. The molecule has 0 saturated carbocycles. The number of halogens is 3. The normalized spacial score (nSPS) is 17.1. The first-order chi connectivity index (χ1) is 14.1. The van der Waals surface area contributed by atoms with E-state index < -0.39 is 27.5 Å². The summed E-state index contributed by atoms with van der Waals surface area (Å²) in [6.45, 7) is 1.05. The second kappa shape index (κ2) is 8.58. The second-order valence-corrected chi connectivity index (χ2v) is 9.35. The van der Waals surface area contributed by atoms with Crippen molar-refractivity contribution in [2.24, 2.45) is 0 Å². The number of nitrogens with zero attached hydrogens (tertiary/aromatic N) is 3. The fourth-order valence-corrected chi connectivity index (χ4v) is 3.93. The number of hydrogen-bond acceptors (Lipinski definition) is 6. The van der Waals surface area contributed by atoms with Crippen LogP contribution in [0.25, 0.3) is 0 Å². The fraction of sp³-hybridized carbons (Fsp3) is 0.421. The van der Waals surface area contributed by atoms with Gasteiger partial charge in [0, 0.05) is 29.9 Å². The maximum absolute atomic E-state index is 13.2. The predicted octanol–water partition coefficient (Wildman–Crippen LogP) is 4.16. The molecule has 1 saturated heterocycles. The zero-order valence-electron chi connectivity index (χ0n) is 16.3. The molecule has 1 unspecified atom stereocenters. The molecule has 1 fully saturated rings. The molecule has 2 N–H and O–H groups in total. The predicted molar refractivity (Wildman–Crippen MR) is 107 cm³/mol. The van der Waals surface area contributed by atoms with E-state index in [1.54, 1.807) is 4.90 Å². The molecule has 7 nitrogen and oxygen atoms in total. The molecule has 1 aromatic carbocycles. The Bertz CT molecular complexity index is 1030. The molecular formula is C19H22F3N5O2S. The van der Waals surface area contributed by atoms with Gasteiger partial charge in [-0.2, -0.15) is 13.2 Å². The Morgan fingerprint density at radius 1 is 1.13 bits per heavy atom. The average Bonchev–Trinajstić information content (AvgIpc) is 2.96. The minimum atomic E-state index is -4.67. The topological polar surface area (TPSA) is 99.0 Å². The summed E-state index contributed by atoms with van der Waals surface area (Å²) in [7, 11) is -2.99. The van der Waals surface area contributed by atoms with Gasteiger partial charge in [-0.3, -0.25) is 4.79 Å². The van der Waals surface area contributed by atoms with E-state index in [4.69, 9.17) is 4.78 Å². The largest absolute Gasteiger partial charge is 0.435 e. The van der Waals surface area contributed by atoms with Crippen molar-refractivity contribution in [1.82, 2.24) is 10.2 Å². The van der Waals surface area contributed by atoms with Gasteiger partial charge in [0.1, 0.15) is 0 Å². The lowest BCUT2D eigenvalue weighted by Gasteiger charge is -2.25. The van der Waals surface area contributed by atoms with Crippen molar-refractivity contribution < 1.29 is 22.2 Å². The lowest BCUT2D eigenvalue weighted by molar-refractivity contribution is -0.141. The van der Waals surface area contributed by atoms with Crippen molar-refractivity contribution in [3.63, 3.8) is 0 Å². The third kappa shape index (κ3) is 5.26. The van der Waals surface area contributed by atoms with E-state index in [2.05, 4.69) is 15.5 Å². The number of carbonyl (C=O) groups is 1. The van der Waals surface area contributed by atoms with Crippen LogP contribution in [0.1, 0.15) is 41.9 Å². The zero-order valence-corrected chi connectivity index (χ0v) is 17.1. The summed E-state index contributed by atoms with van der Waals surface area (Å²) in [5, 5.41) is 9.38. The number of nitrogens with one attached hydrogen (secondary N) is 2. The van der Waals surface area contributed by atoms with E-state index in [1.807, 2.05) is 0 Å². The van der Waals surface area contributed by atoms with Crippen LogP contribution >= 0.6 is 0 Å². The Morgan fingerprint density at radius 2 is 1.80 bits per heavy atom. The van der Waals surface area contributed by atoms with Crippen LogP contribution in [0.3, 0.4) is 0 Å². The van der Waals surface area contributed by atoms with E-state index in [1.165, 1.54) is 30.5 Å². The highest BCUT2D eigenvalue weighted by atomic mass is 32.2. The highest BCUT2D eigenvalue weighted by Crippen LogP contribution is 2.32. The molecule has 11 heteroatoms. The Balaban J connectivity index is 1.96. The number of anilines is 2. The molecule has 3 rings (SSSR count). The van der Waals surface area contributed by atoms with E-state index in [9.17, 15) is 22.2 Å². The lowest BCUT2D eigenvalue weighted by atomic mass is 10.2. The van der Waals surface area contributed by atoms with E-state index >= 15 is 0 Å². The third-order valence-electron chi connectivity index (χ3n) is 4.77. The first-order valence-corrected chi connectivity index (χ1v) is 11.4. The van der Waals surface area contributed by atoms with Gasteiger partial charge in [-0.05, 0) is 37.1 Å². The maximum atomic E-state index is 13.2. The van der Waals surface area contributed by atoms with Gasteiger partial charge in [0.05, 0.1) is 15.4 Å². The summed E-state index contributed by atoms with van der Waals surface area (Å²) in [5.41, 5.74) is -1.01. The first-order valence-electron chi connectivity index (χ1n) is 9.41. The van der Waals surface area contributed by atoms with Crippen molar-refractivity contribution in [3.8, 4) is 0 Å². The number of aromatic nitrogens is 2. The van der Waals surface area contributed by atoms with Crippen LogP contribution in [0.2, 0.25) is 0 Å². The molecule has 1 aliphatic heterocycles. The van der Waals surface area contributed by atoms with Gasteiger partial charge < -0.3 is 10.2 Å². The van der Waals surface area contributed by atoms with Gasteiger partial charge in [0.15, 0.2) is 11.4 Å². The molecule has 2 aromatic rings. The number of rotatable bonds is 4. The van der Waals surface area contributed by atoms with Crippen molar-refractivity contribution in [1.29, 1.82) is 4.78 Å². The first kappa shape index (κ1) is 22.0. The Kier molecular flexibility index (Phi) is 6.30. The molecule has 1 atom stereocenters. The molecule has 1 amide bonds. The lowest BCUT2D eigenvalue weighted by Crippen LogP contribution is -2.29. The van der Waals surface area contributed by atoms with Crippen LogP contribution in [0.5, 0.6) is 0 Å². The molecule has 2 heterocycles. The zero-order chi connectivity index (χ0) is 21.9. The number of alkyl halides is 3. The van der Waals surface area contributed by atoms with Crippen LogP contribution in [0.15, 0.2) is 35.2 Å². The molecule has 1 aliphatic rings. The van der Waals surface area contributed by atoms with Crippen molar-refractivity contribution in [2.45, 2.75) is 36.8 Å². The van der Waals surface area contributed by atoms with Crippen LogP contribution in [-0.4, -0.2) is 39.7 Å². The van der Waals surface area contributed by atoms with Gasteiger partial charge in [0.2, 0.25) is 0 Å². The molecule has 0 spiro atoms. The van der Waals surface area contributed by atoms with Crippen LogP contribution in [0, 0.1) is 4.78 Å². The monoisotopic (exact) mass is 441 g/mol. The molecular weight excluding hydrogens is 419 g/mol. The van der Waals surface area contributed by atoms with Gasteiger partial charge >= 0.3 is 6.18 Å². The molecule has 0 aliphatic carbocycles. The van der Waals surface area contributed by atoms with Crippen LogP contribution < -0.4 is 10.2 Å². The molecule has 162 valence electrons. The van der Waals surface area contributed by atoms with Crippen molar-refractivity contribution in [3.05, 3.63) is 41.7 Å². The summed E-state index contributed by atoms with van der Waals surface area (Å²) < 4.78 is 59.2. The highest BCUT2D eigenvalue weighted by molar-refractivity contribution is 7.91. The van der Waals surface area contributed by atoms with E-state index in [0.717, 1.165) is 31.7 Å². The van der Waals surface area contributed by atoms with Crippen molar-refractivity contribution in [2.75, 3.05) is 29.6 Å². The van der Waals surface area contributed by atoms with Crippen LogP contribution in [-0.2, 0) is 15.9 Å².